The quantitative estimate of drug-likeness (QED) is 0.863. The highest BCUT2D eigenvalue weighted by Crippen LogP contribution is 2.42. The Bertz CT molecular complexity index is 548. The van der Waals surface area contributed by atoms with Crippen molar-refractivity contribution in [2.45, 2.75) is 32.2 Å². The van der Waals surface area contributed by atoms with Gasteiger partial charge in [-0.1, -0.05) is 6.92 Å². The Labute approximate surface area is 145 Å². The molecule has 0 aromatic carbocycles. The summed E-state index contributed by atoms with van der Waals surface area (Å²) < 4.78 is 0. The molecule has 1 aromatic heterocycles. The van der Waals surface area contributed by atoms with Gasteiger partial charge in [0.1, 0.15) is 12.1 Å². The zero-order valence-electron chi connectivity index (χ0n) is 14.8. The highest BCUT2D eigenvalue weighted by atomic mass is 15.3. The monoisotopic (exact) mass is 330 g/mol. The predicted octanol–water partition coefficient (Wildman–Crippen LogP) is 1.02. The van der Waals surface area contributed by atoms with Gasteiger partial charge in [0.25, 0.3) is 0 Å². The molecule has 3 aliphatic rings. The van der Waals surface area contributed by atoms with E-state index in [2.05, 4.69) is 43.4 Å². The van der Waals surface area contributed by atoms with Crippen LogP contribution in [-0.2, 0) is 0 Å². The molecule has 132 valence electrons. The summed E-state index contributed by atoms with van der Waals surface area (Å²) in [6, 6.07) is 2.61. The van der Waals surface area contributed by atoms with Crippen molar-refractivity contribution in [3.63, 3.8) is 0 Å². The van der Waals surface area contributed by atoms with Crippen molar-refractivity contribution in [2.75, 3.05) is 57.3 Å². The highest BCUT2D eigenvalue weighted by Gasteiger charge is 2.40. The predicted molar refractivity (Wildman–Crippen MR) is 96.3 cm³/mol. The van der Waals surface area contributed by atoms with Gasteiger partial charge in [0.2, 0.25) is 0 Å². The molecule has 1 aromatic rings. The standard InChI is InChI=1S/C18H30N6/c1-2-23-7-9-24(10-8-23)17-11-15(21-14-22-17)16-12-18(13-20-16)3-5-19-6-4-18/h11,14,16,19-20H,2-10,12-13H2,1H3. The summed E-state index contributed by atoms with van der Waals surface area (Å²) in [4.78, 5) is 14.1. The summed E-state index contributed by atoms with van der Waals surface area (Å²) in [5.41, 5.74) is 1.65. The van der Waals surface area contributed by atoms with E-state index in [-0.39, 0.29) is 0 Å². The molecule has 2 N–H and O–H groups in total. The van der Waals surface area contributed by atoms with Crippen molar-refractivity contribution in [3.05, 3.63) is 18.1 Å². The van der Waals surface area contributed by atoms with Gasteiger partial charge in [-0.3, -0.25) is 0 Å². The molecule has 3 fully saturated rings. The van der Waals surface area contributed by atoms with Crippen molar-refractivity contribution >= 4 is 5.82 Å². The first kappa shape index (κ1) is 16.2. The van der Waals surface area contributed by atoms with Crippen molar-refractivity contribution in [2.24, 2.45) is 5.41 Å². The Balaban J connectivity index is 1.43. The molecule has 0 saturated carbocycles. The number of hydrogen-bond acceptors (Lipinski definition) is 6. The van der Waals surface area contributed by atoms with Crippen molar-refractivity contribution in [3.8, 4) is 0 Å². The number of nitrogens with zero attached hydrogens (tertiary/aromatic N) is 4. The summed E-state index contributed by atoms with van der Waals surface area (Å²) in [5, 5.41) is 7.22. The molecular weight excluding hydrogens is 300 g/mol. The lowest BCUT2D eigenvalue weighted by Gasteiger charge is -2.35. The first-order valence-electron chi connectivity index (χ1n) is 9.51. The lowest BCUT2D eigenvalue weighted by molar-refractivity contribution is 0.224. The van der Waals surface area contributed by atoms with Crippen LogP contribution in [0.3, 0.4) is 0 Å². The Morgan fingerprint density at radius 3 is 2.71 bits per heavy atom. The van der Waals surface area contributed by atoms with Gasteiger partial charge in [-0.05, 0) is 44.3 Å². The first-order valence-corrected chi connectivity index (χ1v) is 9.51. The van der Waals surface area contributed by atoms with E-state index >= 15 is 0 Å². The Hall–Kier alpha value is -1.24. The maximum atomic E-state index is 4.60. The minimum Gasteiger partial charge on any atom is -0.354 e. The van der Waals surface area contributed by atoms with Crippen molar-refractivity contribution < 1.29 is 0 Å². The highest BCUT2D eigenvalue weighted by molar-refractivity contribution is 5.40. The molecule has 1 atom stereocenters. The van der Waals surface area contributed by atoms with E-state index in [1.165, 1.54) is 25.0 Å². The molecule has 3 saturated heterocycles. The van der Waals surface area contributed by atoms with Crippen LogP contribution in [0.5, 0.6) is 0 Å². The van der Waals surface area contributed by atoms with Gasteiger partial charge >= 0.3 is 0 Å². The SMILES string of the molecule is CCN1CCN(c2cc(C3CC4(CCNCC4)CN3)ncn2)CC1. The van der Waals surface area contributed by atoms with E-state index < -0.39 is 0 Å². The smallest absolute Gasteiger partial charge is 0.132 e. The molecule has 6 heteroatoms. The van der Waals surface area contributed by atoms with Crippen LogP contribution in [0.4, 0.5) is 5.82 Å². The van der Waals surface area contributed by atoms with Gasteiger partial charge in [-0.25, -0.2) is 9.97 Å². The summed E-state index contributed by atoms with van der Waals surface area (Å²) in [6.07, 6.45) is 5.54. The molecule has 4 heterocycles. The number of aromatic nitrogens is 2. The van der Waals surface area contributed by atoms with E-state index in [9.17, 15) is 0 Å². The number of hydrogen-bond donors (Lipinski definition) is 2. The van der Waals surface area contributed by atoms with E-state index in [1.54, 1.807) is 6.33 Å². The number of piperidine rings is 1. The van der Waals surface area contributed by atoms with Crippen LogP contribution >= 0.6 is 0 Å². The number of anilines is 1. The summed E-state index contributed by atoms with van der Waals surface area (Å²) in [7, 11) is 0. The summed E-state index contributed by atoms with van der Waals surface area (Å²) >= 11 is 0. The lowest BCUT2D eigenvalue weighted by atomic mass is 9.77. The maximum Gasteiger partial charge on any atom is 0.132 e. The Kier molecular flexibility index (Phi) is 4.70. The average Bonchev–Trinajstić information content (AvgIpc) is 3.06. The third kappa shape index (κ3) is 3.27. The fraction of sp³-hybridized carbons (Fsp3) is 0.778. The van der Waals surface area contributed by atoms with Gasteiger partial charge < -0.3 is 20.4 Å². The molecular formula is C18H30N6. The molecule has 0 bridgehead atoms. The zero-order valence-corrected chi connectivity index (χ0v) is 14.8. The van der Waals surface area contributed by atoms with Crippen LogP contribution in [0.2, 0.25) is 0 Å². The summed E-state index contributed by atoms with van der Waals surface area (Å²) in [5.74, 6) is 1.10. The maximum absolute atomic E-state index is 4.60. The summed E-state index contributed by atoms with van der Waals surface area (Å²) in [6.45, 7) is 11.2. The fourth-order valence-corrected chi connectivity index (χ4v) is 4.48. The molecule has 6 nitrogen and oxygen atoms in total. The molecule has 0 radical (unpaired) electrons. The minimum atomic E-state index is 0.391. The van der Waals surface area contributed by atoms with Crippen LogP contribution in [0, 0.1) is 5.41 Å². The second-order valence-corrected chi connectivity index (χ2v) is 7.61. The minimum absolute atomic E-state index is 0.391. The molecule has 4 rings (SSSR count). The van der Waals surface area contributed by atoms with Crippen LogP contribution in [0.15, 0.2) is 12.4 Å². The van der Waals surface area contributed by atoms with E-state index in [0.717, 1.165) is 58.2 Å². The number of piperazine rings is 1. The molecule has 24 heavy (non-hydrogen) atoms. The van der Waals surface area contributed by atoms with Gasteiger partial charge in [0.15, 0.2) is 0 Å². The van der Waals surface area contributed by atoms with E-state index in [4.69, 9.17) is 0 Å². The van der Waals surface area contributed by atoms with Crippen LogP contribution in [0.1, 0.15) is 37.9 Å². The number of rotatable bonds is 3. The number of likely N-dealkylation sites (N-methyl/N-ethyl adjacent to an activating group) is 1. The van der Waals surface area contributed by atoms with Crippen molar-refractivity contribution in [1.82, 2.24) is 25.5 Å². The first-order chi connectivity index (χ1) is 11.8. The fourth-order valence-electron chi connectivity index (χ4n) is 4.48. The van der Waals surface area contributed by atoms with E-state index in [0.29, 0.717) is 11.5 Å². The zero-order chi connectivity index (χ0) is 16.4. The van der Waals surface area contributed by atoms with Gasteiger partial charge in [0.05, 0.1) is 11.7 Å². The lowest BCUT2D eigenvalue weighted by Crippen LogP contribution is -2.46. The molecule has 1 spiro atoms. The van der Waals surface area contributed by atoms with Crippen LogP contribution < -0.4 is 15.5 Å². The van der Waals surface area contributed by atoms with Crippen LogP contribution in [0.25, 0.3) is 0 Å². The third-order valence-electron chi connectivity index (χ3n) is 6.20. The Morgan fingerprint density at radius 2 is 1.96 bits per heavy atom. The van der Waals surface area contributed by atoms with Gasteiger partial charge in [-0.2, -0.15) is 0 Å². The van der Waals surface area contributed by atoms with Gasteiger partial charge in [0, 0.05) is 38.8 Å². The second kappa shape index (κ2) is 6.94. The van der Waals surface area contributed by atoms with Crippen LogP contribution in [-0.4, -0.2) is 67.2 Å². The van der Waals surface area contributed by atoms with E-state index in [1.807, 2.05) is 0 Å². The van der Waals surface area contributed by atoms with Gasteiger partial charge in [-0.15, -0.1) is 0 Å². The molecule has 0 amide bonds. The molecule has 3 aliphatic heterocycles. The average molecular weight is 330 g/mol. The molecule has 0 aliphatic carbocycles. The second-order valence-electron chi connectivity index (χ2n) is 7.61. The topological polar surface area (TPSA) is 56.3 Å². The normalized spacial score (nSPS) is 27.7. The third-order valence-corrected chi connectivity index (χ3v) is 6.20. The molecule has 1 unspecified atom stereocenters. The Morgan fingerprint density at radius 1 is 1.17 bits per heavy atom. The largest absolute Gasteiger partial charge is 0.354 e. The van der Waals surface area contributed by atoms with Crippen molar-refractivity contribution in [1.29, 1.82) is 0 Å². The number of nitrogens with one attached hydrogen (secondary N) is 2.